The van der Waals surface area contributed by atoms with Crippen molar-refractivity contribution in [2.75, 3.05) is 23.3 Å². The molecule has 2 aromatic heterocycles. The van der Waals surface area contributed by atoms with E-state index in [1.54, 1.807) is 12.1 Å². The van der Waals surface area contributed by atoms with Crippen molar-refractivity contribution in [3.05, 3.63) is 74.8 Å². The molecule has 0 spiro atoms. The molecule has 0 saturated carbocycles. The highest BCUT2D eigenvalue weighted by molar-refractivity contribution is 6.35. The van der Waals surface area contributed by atoms with Crippen LogP contribution in [0.3, 0.4) is 0 Å². The van der Waals surface area contributed by atoms with Gasteiger partial charge in [-0.2, -0.15) is 15.2 Å². The van der Waals surface area contributed by atoms with Gasteiger partial charge >= 0.3 is 0 Å². The lowest BCUT2D eigenvalue weighted by molar-refractivity contribution is 0.561. The van der Waals surface area contributed by atoms with Crippen molar-refractivity contribution in [3.63, 3.8) is 0 Å². The van der Waals surface area contributed by atoms with E-state index in [1.807, 2.05) is 6.07 Å². The average Bonchev–Trinajstić information content (AvgIpc) is 2.75. The summed E-state index contributed by atoms with van der Waals surface area (Å²) in [5.74, 6) is -1.99. The molecule has 0 fully saturated rings. The Bertz CT molecular complexity index is 1480. The van der Waals surface area contributed by atoms with Gasteiger partial charge in [0.05, 0.1) is 15.9 Å². The molecule has 0 saturated heterocycles. The molecular weight excluding hydrogens is 454 g/mol. The molecule has 0 amide bonds. The van der Waals surface area contributed by atoms with Crippen LogP contribution < -0.4 is 22.3 Å². The standard InChI is InChI=1S/C21H15ClF2N8O/c22-11-3-1-6-14-16(11)20(33)32(17-12(23)4-2-5-13(17)24)15(29-14)7-8-28-19-10(9-25)18(26)30-21(27)31-19/h1-6H,7-8H2,(H5,26,27,28,30,31). The van der Waals surface area contributed by atoms with Gasteiger partial charge in [-0.1, -0.05) is 23.7 Å². The predicted octanol–water partition coefficient (Wildman–Crippen LogP) is 2.80. The Balaban J connectivity index is 1.82. The number of aromatic nitrogens is 4. The first-order chi connectivity index (χ1) is 15.8. The normalized spacial score (nSPS) is 10.8. The van der Waals surface area contributed by atoms with Crippen LogP contribution in [-0.4, -0.2) is 26.1 Å². The van der Waals surface area contributed by atoms with E-state index in [4.69, 9.17) is 23.1 Å². The highest BCUT2D eigenvalue weighted by Gasteiger charge is 2.20. The number of nitrogens with one attached hydrogen (secondary N) is 1. The Morgan fingerprint density at radius 1 is 1.09 bits per heavy atom. The minimum absolute atomic E-state index is 0.0139. The summed E-state index contributed by atoms with van der Waals surface area (Å²) in [5.41, 5.74) is 10.2. The van der Waals surface area contributed by atoms with Gasteiger partial charge in [0.1, 0.15) is 40.6 Å². The second-order valence-corrected chi connectivity index (χ2v) is 7.26. The first-order valence-corrected chi connectivity index (χ1v) is 9.91. The molecular formula is C21H15ClF2N8O. The van der Waals surface area contributed by atoms with Gasteiger partial charge in [0.2, 0.25) is 5.95 Å². The van der Waals surface area contributed by atoms with Crippen LogP contribution in [0.1, 0.15) is 11.4 Å². The van der Waals surface area contributed by atoms with Gasteiger partial charge in [0, 0.05) is 13.0 Å². The zero-order valence-electron chi connectivity index (χ0n) is 16.8. The fourth-order valence-electron chi connectivity index (χ4n) is 3.36. The van der Waals surface area contributed by atoms with Gasteiger partial charge in [-0.15, -0.1) is 0 Å². The summed E-state index contributed by atoms with van der Waals surface area (Å²) >= 11 is 6.18. The van der Waals surface area contributed by atoms with E-state index in [1.165, 1.54) is 12.1 Å². The fourth-order valence-corrected chi connectivity index (χ4v) is 3.61. The van der Waals surface area contributed by atoms with E-state index in [9.17, 15) is 18.8 Å². The summed E-state index contributed by atoms with van der Waals surface area (Å²) in [5, 5.41) is 12.3. The van der Waals surface area contributed by atoms with Crippen LogP contribution in [0, 0.1) is 23.0 Å². The van der Waals surface area contributed by atoms with Crippen molar-refractivity contribution in [2.45, 2.75) is 6.42 Å². The number of nitrogen functional groups attached to an aromatic ring is 2. The van der Waals surface area contributed by atoms with E-state index in [2.05, 4.69) is 20.3 Å². The predicted molar refractivity (Wildman–Crippen MR) is 120 cm³/mol. The van der Waals surface area contributed by atoms with E-state index in [-0.39, 0.29) is 57.9 Å². The third-order valence-corrected chi connectivity index (χ3v) is 5.10. The number of fused-ring (bicyclic) bond motifs is 1. The van der Waals surface area contributed by atoms with Gasteiger partial charge in [0.25, 0.3) is 5.56 Å². The van der Waals surface area contributed by atoms with Gasteiger partial charge in [-0.25, -0.2) is 13.8 Å². The molecule has 0 unspecified atom stereocenters. The number of rotatable bonds is 5. The van der Waals surface area contributed by atoms with Crippen molar-refractivity contribution in [1.29, 1.82) is 5.26 Å². The molecule has 2 aromatic carbocycles. The lowest BCUT2D eigenvalue weighted by atomic mass is 10.2. The van der Waals surface area contributed by atoms with Crippen LogP contribution in [0.2, 0.25) is 5.02 Å². The van der Waals surface area contributed by atoms with Gasteiger partial charge < -0.3 is 16.8 Å². The summed E-state index contributed by atoms with van der Waals surface area (Å²) in [6, 6.07) is 9.81. The molecule has 0 atom stereocenters. The Labute approximate surface area is 190 Å². The molecule has 5 N–H and O–H groups in total. The second kappa shape index (κ2) is 8.68. The first kappa shape index (κ1) is 21.9. The van der Waals surface area contributed by atoms with Crippen LogP contribution in [0.25, 0.3) is 16.6 Å². The lowest BCUT2D eigenvalue weighted by Gasteiger charge is -2.16. The van der Waals surface area contributed by atoms with Crippen molar-refractivity contribution in [3.8, 4) is 11.8 Å². The van der Waals surface area contributed by atoms with E-state index in [0.717, 1.165) is 16.7 Å². The number of halogens is 3. The number of nitrogens with two attached hydrogens (primary N) is 2. The number of hydrogen-bond donors (Lipinski definition) is 3. The molecule has 33 heavy (non-hydrogen) atoms. The highest BCUT2D eigenvalue weighted by Crippen LogP contribution is 2.23. The van der Waals surface area contributed by atoms with Crippen LogP contribution in [0.4, 0.5) is 26.4 Å². The molecule has 166 valence electrons. The summed E-state index contributed by atoms with van der Waals surface area (Å²) in [7, 11) is 0. The van der Waals surface area contributed by atoms with E-state index >= 15 is 0 Å². The molecule has 0 bridgehead atoms. The molecule has 0 radical (unpaired) electrons. The first-order valence-electron chi connectivity index (χ1n) is 9.53. The monoisotopic (exact) mass is 468 g/mol. The number of benzene rings is 2. The summed E-state index contributed by atoms with van der Waals surface area (Å²) < 4.78 is 30.1. The summed E-state index contributed by atoms with van der Waals surface area (Å²) in [6.45, 7) is 0.0686. The van der Waals surface area contributed by atoms with Crippen LogP contribution in [0.15, 0.2) is 41.2 Å². The largest absolute Gasteiger partial charge is 0.382 e. The third-order valence-electron chi connectivity index (χ3n) is 4.78. The summed E-state index contributed by atoms with van der Waals surface area (Å²) in [4.78, 5) is 25.4. The highest BCUT2D eigenvalue weighted by atomic mass is 35.5. The summed E-state index contributed by atoms with van der Waals surface area (Å²) in [6.07, 6.45) is 0.0140. The Hall–Kier alpha value is -4.30. The molecule has 9 nitrogen and oxygen atoms in total. The van der Waals surface area contributed by atoms with Crippen LogP contribution >= 0.6 is 11.6 Å². The smallest absolute Gasteiger partial charge is 0.267 e. The van der Waals surface area contributed by atoms with Gasteiger partial charge in [-0.05, 0) is 24.3 Å². The Kier molecular flexibility index (Phi) is 5.76. The van der Waals surface area contributed by atoms with Gasteiger partial charge in [0.15, 0.2) is 5.82 Å². The maximum Gasteiger partial charge on any atom is 0.267 e. The molecule has 0 aliphatic heterocycles. The molecule has 0 aliphatic rings. The van der Waals surface area contributed by atoms with Gasteiger partial charge in [-0.3, -0.25) is 9.36 Å². The number of nitriles is 1. The maximum atomic E-state index is 14.6. The minimum Gasteiger partial charge on any atom is -0.382 e. The molecule has 0 aliphatic carbocycles. The van der Waals surface area contributed by atoms with E-state index < -0.39 is 22.9 Å². The Morgan fingerprint density at radius 3 is 2.48 bits per heavy atom. The van der Waals surface area contributed by atoms with Crippen molar-refractivity contribution < 1.29 is 8.78 Å². The second-order valence-electron chi connectivity index (χ2n) is 6.85. The number of para-hydroxylation sites is 1. The third kappa shape index (κ3) is 3.99. The van der Waals surface area contributed by atoms with Crippen molar-refractivity contribution >= 4 is 40.1 Å². The fraction of sp³-hybridized carbons (Fsp3) is 0.0952. The number of anilines is 3. The SMILES string of the molecule is N#Cc1c(N)nc(N)nc1NCCc1nc2cccc(Cl)c2c(=O)n1-c1c(F)cccc1F. The van der Waals surface area contributed by atoms with Crippen LogP contribution in [0.5, 0.6) is 0 Å². The average molecular weight is 469 g/mol. The molecule has 4 rings (SSSR count). The maximum absolute atomic E-state index is 14.6. The molecule has 2 heterocycles. The molecule has 4 aromatic rings. The number of nitrogens with zero attached hydrogens (tertiary/aromatic N) is 5. The molecule has 12 heteroatoms. The number of hydrogen-bond acceptors (Lipinski definition) is 8. The quantitative estimate of drug-likeness (QED) is 0.405. The van der Waals surface area contributed by atoms with Crippen LogP contribution in [-0.2, 0) is 6.42 Å². The minimum atomic E-state index is -0.942. The topological polar surface area (TPSA) is 149 Å². The van der Waals surface area contributed by atoms with Crippen molar-refractivity contribution in [1.82, 2.24) is 19.5 Å². The van der Waals surface area contributed by atoms with Crippen molar-refractivity contribution in [2.24, 2.45) is 0 Å². The zero-order valence-corrected chi connectivity index (χ0v) is 17.6. The van der Waals surface area contributed by atoms with E-state index in [0.29, 0.717) is 0 Å². The zero-order chi connectivity index (χ0) is 23.7. The Morgan fingerprint density at radius 2 is 1.79 bits per heavy atom. The lowest BCUT2D eigenvalue weighted by Crippen LogP contribution is -2.27.